The average molecular weight is 243 g/mol. The Kier molecular flexibility index (Phi) is 3.11. The van der Waals surface area contributed by atoms with Gasteiger partial charge in [0.05, 0.1) is 4.34 Å². The largest absolute Gasteiger partial charge is 0.464 e. The Morgan fingerprint density at radius 3 is 2.67 bits per heavy atom. The predicted molar refractivity (Wildman–Crippen MR) is 61.9 cm³/mol. The van der Waals surface area contributed by atoms with Gasteiger partial charge in [-0.1, -0.05) is 11.6 Å². The summed E-state index contributed by atoms with van der Waals surface area (Å²) >= 11 is 7.36. The highest BCUT2D eigenvalue weighted by molar-refractivity contribution is 7.16. The summed E-state index contributed by atoms with van der Waals surface area (Å²) in [6.07, 6.45) is 0. The third-order valence-electron chi connectivity index (χ3n) is 2.09. The third-order valence-corrected chi connectivity index (χ3v) is 3.39. The van der Waals surface area contributed by atoms with E-state index in [4.69, 9.17) is 21.9 Å². The van der Waals surface area contributed by atoms with Crippen molar-refractivity contribution in [1.29, 1.82) is 0 Å². The molecule has 1 atom stereocenters. The summed E-state index contributed by atoms with van der Waals surface area (Å²) in [7, 11) is 0. The molecular formula is C10H11ClN2OS. The monoisotopic (exact) mass is 242 g/mol. The zero-order valence-electron chi connectivity index (χ0n) is 8.16. The fourth-order valence-corrected chi connectivity index (χ4v) is 2.53. The van der Waals surface area contributed by atoms with Crippen molar-refractivity contribution in [3.8, 4) is 0 Å². The van der Waals surface area contributed by atoms with Gasteiger partial charge in [0.2, 0.25) is 0 Å². The Balaban J connectivity index is 2.32. The van der Waals surface area contributed by atoms with Crippen molar-refractivity contribution >= 4 is 22.9 Å². The van der Waals surface area contributed by atoms with Crippen LogP contribution >= 0.6 is 22.9 Å². The van der Waals surface area contributed by atoms with Gasteiger partial charge in [0.25, 0.3) is 0 Å². The molecule has 2 heterocycles. The Hall–Kier alpha value is -0.810. The van der Waals surface area contributed by atoms with Gasteiger partial charge in [-0.25, -0.2) is 5.43 Å². The molecule has 80 valence electrons. The SMILES string of the molecule is Cc1ccc(C(NN)c2ccc(Cl)s2)o1. The number of hydrogen-bond acceptors (Lipinski definition) is 4. The molecule has 3 nitrogen and oxygen atoms in total. The minimum atomic E-state index is -0.129. The van der Waals surface area contributed by atoms with Crippen molar-refractivity contribution in [3.05, 3.63) is 45.0 Å². The molecule has 3 N–H and O–H groups in total. The third kappa shape index (κ3) is 2.23. The number of nitrogens with one attached hydrogen (secondary N) is 1. The van der Waals surface area contributed by atoms with E-state index in [1.54, 1.807) is 0 Å². The van der Waals surface area contributed by atoms with Crippen molar-refractivity contribution in [3.63, 3.8) is 0 Å². The van der Waals surface area contributed by atoms with E-state index in [1.165, 1.54) is 11.3 Å². The quantitative estimate of drug-likeness (QED) is 0.643. The van der Waals surface area contributed by atoms with E-state index < -0.39 is 0 Å². The number of thiophene rings is 1. The van der Waals surface area contributed by atoms with Crippen molar-refractivity contribution in [2.24, 2.45) is 5.84 Å². The summed E-state index contributed by atoms with van der Waals surface area (Å²) in [6, 6.07) is 7.48. The van der Waals surface area contributed by atoms with Crippen molar-refractivity contribution < 1.29 is 4.42 Å². The number of nitrogens with two attached hydrogens (primary N) is 1. The van der Waals surface area contributed by atoms with Crippen LogP contribution in [0.15, 0.2) is 28.7 Å². The van der Waals surface area contributed by atoms with Gasteiger partial charge in [0.1, 0.15) is 17.6 Å². The fourth-order valence-electron chi connectivity index (χ4n) is 1.40. The van der Waals surface area contributed by atoms with Gasteiger partial charge in [-0.3, -0.25) is 5.84 Å². The topological polar surface area (TPSA) is 51.2 Å². The van der Waals surface area contributed by atoms with Gasteiger partial charge in [-0.15, -0.1) is 11.3 Å². The van der Waals surface area contributed by atoms with E-state index in [2.05, 4.69) is 5.43 Å². The molecule has 0 aliphatic heterocycles. The highest BCUT2D eigenvalue weighted by atomic mass is 35.5. The first-order chi connectivity index (χ1) is 7.20. The lowest BCUT2D eigenvalue weighted by atomic mass is 10.2. The number of hydrazine groups is 1. The molecule has 0 saturated carbocycles. The fraction of sp³-hybridized carbons (Fsp3) is 0.200. The first-order valence-corrected chi connectivity index (χ1v) is 5.68. The van der Waals surface area contributed by atoms with Gasteiger partial charge in [0, 0.05) is 4.88 Å². The second-order valence-corrected chi connectivity index (χ2v) is 4.94. The lowest BCUT2D eigenvalue weighted by Crippen LogP contribution is -2.27. The molecule has 0 fully saturated rings. The number of furan rings is 1. The van der Waals surface area contributed by atoms with Gasteiger partial charge in [0.15, 0.2) is 0 Å². The van der Waals surface area contributed by atoms with Crippen molar-refractivity contribution in [2.75, 3.05) is 0 Å². The van der Waals surface area contributed by atoms with Crippen LogP contribution in [0.5, 0.6) is 0 Å². The predicted octanol–water partition coefficient (Wildman–Crippen LogP) is 2.86. The van der Waals surface area contributed by atoms with Crippen LogP contribution in [0.4, 0.5) is 0 Å². The lowest BCUT2D eigenvalue weighted by Gasteiger charge is -2.10. The maximum atomic E-state index is 5.87. The number of rotatable bonds is 3. The summed E-state index contributed by atoms with van der Waals surface area (Å²) in [4.78, 5) is 1.04. The molecule has 0 saturated heterocycles. The van der Waals surface area contributed by atoms with E-state index in [0.717, 1.165) is 20.7 Å². The highest BCUT2D eigenvalue weighted by Gasteiger charge is 2.17. The summed E-state index contributed by atoms with van der Waals surface area (Å²) in [5.41, 5.74) is 2.72. The smallest absolute Gasteiger partial charge is 0.127 e. The molecule has 0 spiro atoms. The van der Waals surface area contributed by atoms with Crippen LogP contribution in [0, 0.1) is 6.92 Å². The summed E-state index contributed by atoms with van der Waals surface area (Å²) in [6.45, 7) is 1.90. The molecular weight excluding hydrogens is 232 g/mol. The van der Waals surface area contributed by atoms with Gasteiger partial charge in [-0.05, 0) is 31.2 Å². The van der Waals surface area contributed by atoms with Crippen molar-refractivity contribution in [1.82, 2.24) is 5.43 Å². The van der Waals surface area contributed by atoms with Crippen LogP contribution in [0.1, 0.15) is 22.4 Å². The van der Waals surface area contributed by atoms with E-state index in [9.17, 15) is 0 Å². The van der Waals surface area contributed by atoms with Crippen LogP contribution in [0.3, 0.4) is 0 Å². The Morgan fingerprint density at radius 1 is 1.40 bits per heavy atom. The first-order valence-electron chi connectivity index (χ1n) is 4.48. The number of aryl methyl sites for hydroxylation is 1. The minimum absolute atomic E-state index is 0.129. The van der Waals surface area contributed by atoms with Crippen LogP contribution in [0.2, 0.25) is 4.34 Å². The minimum Gasteiger partial charge on any atom is -0.464 e. The Bertz CT molecular complexity index is 411. The van der Waals surface area contributed by atoms with Gasteiger partial charge >= 0.3 is 0 Å². The van der Waals surface area contributed by atoms with Gasteiger partial charge in [-0.2, -0.15) is 0 Å². The second-order valence-electron chi connectivity index (χ2n) is 3.19. The molecule has 0 aliphatic carbocycles. The second kappa shape index (κ2) is 4.37. The maximum Gasteiger partial charge on any atom is 0.127 e. The molecule has 5 heteroatoms. The highest BCUT2D eigenvalue weighted by Crippen LogP contribution is 2.31. The molecule has 2 aromatic rings. The number of halogens is 1. The zero-order valence-corrected chi connectivity index (χ0v) is 9.73. The van der Waals surface area contributed by atoms with E-state index in [1.807, 2.05) is 31.2 Å². The lowest BCUT2D eigenvalue weighted by molar-refractivity contribution is 0.437. The van der Waals surface area contributed by atoms with E-state index in [0.29, 0.717) is 0 Å². The molecule has 2 aromatic heterocycles. The molecule has 0 amide bonds. The van der Waals surface area contributed by atoms with Gasteiger partial charge < -0.3 is 4.42 Å². The molecule has 0 aliphatic rings. The molecule has 0 bridgehead atoms. The van der Waals surface area contributed by atoms with E-state index in [-0.39, 0.29) is 6.04 Å². The summed E-state index contributed by atoms with van der Waals surface area (Å²) < 4.78 is 6.27. The molecule has 0 aromatic carbocycles. The van der Waals surface area contributed by atoms with Crippen LogP contribution < -0.4 is 11.3 Å². The maximum absolute atomic E-state index is 5.87. The van der Waals surface area contributed by atoms with Crippen molar-refractivity contribution in [2.45, 2.75) is 13.0 Å². The first kappa shape index (κ1) is 10.7. The zero-order chi connectivity index (χ0) is 10.8. The average Bonchev–Trinajstić information content (AvgIpc) is 2.78. The van der Waals surface area contributed by atoms with Crippen LogP contribution in [-0.4, -0.2) is 0 Å². The normalized spacial score (nSPS) is 13.0. The summed E-state index contributed by atoms with van der Waals surface area (Å²) in [5, 5.41) is 0. The molecule has 1 unspecified atom stereocenters. The molecule has 15 heavy (non-hydrogen) atoms. The van der Waals surface area contributed by atoms with Crippen LogP contribution in [-0.2, 0) is 0 Å². The molecule has 2 rings (SSSR count). The van der Waals surface area contributed by atoms with E-state index >= 15 is 0 Å². The standard InChI is InChI=1S/C10H11ClN2OS/c1-6-2-3-7(14-6)10(13-12)8-4-5-9(11)15-8/h2-5,10,13H,12H2,1H3. The van der Waals surface area contributed by atoms with Crippen LogP contribution in [0.25, 0.3) is 0 Å². The Morgan fingerprint density at radius 2 is 2.20 bits per heavy atom. The molecule has 0 radical (unpaired) electrons. The summed E-state index contributed by atoms with van der Waals surface area (Å²) in [5.74, 6) is 7.18. The Labute approximate surface area is 96.8 Å². The number of hydrogen-bond donors (Lipinski definition) is 2.